The van der Waals surface area contributed by atoms with Gasteiger partial charge in [0, 0.05) is 12.5 Å². The van der Waals surface area contributed by atoms with Crippen LogP contribution in [-0.4, -0.2) is 34.0 Å². The molecule has 2 heterocycles. The maximum absolute atomic E-state index is 12.3. The quantitative estimate of drug-likeness (QED) is 0.886. The van der Waals surface area contributed by atoms with Gasteiger partial charge in [-0.15, -0.1) is 0 Å². The van der Waals surface area contributed by atoms with E-state index in [9.17, 15) is 9.90 Å². The van der Waals surface area contributed by atoms with E-state index in [-0.39, 0.29) is 18.0 Å². The Bertz CT molecular complexity index is 632. The lowest BCUT2D eigenvalue weighted by Gasteiger charge is -2.17. The lowest BCUT2D eigenvalue weighted by molar-refractivity contribution is 0.0768. The summed E-state index contributed by atoms with van der Waals surface area (Å²) in [6.45, 7) is 1.52. The van der Waals surface area contributed by atoms with E-state index in [1.165, 1.54) is 10.9 Å². The molecule has 2 unspecified atom stereocenters. The predicted molar refractivity (Wildman–Crippen MR) is 70.9 cm³/mol. The first-order chi connectivity index (χ1) is 9.25. The Kier molecular flexibility index (Phi) is 3.31. The topological polar surface area (TPSA) is 64.4 Å². The minimum atomic E-state index is -0.567. The number of aliphatic hydroxyl groups is 1. The molecule has 0 bridgehead atoms. The van der Waals surface area contributed by atoms with Gasteiger partial charge in [0.1, 0.15) is 0 Å². The van der Waals surface area contributed by atoms with Crippen molar-refractivity contribution in [3.8, 4) is 0 Å². The lowest BCUT2D eigenvalue weighted by Crippen LogP contribution is -2.31. The molecule has 1 aliphatic rings. The Hall–Kier alpha value is -1.72. The molecule has 0 aliphatic carbocycles. The van der Waals surface area contributed by atoms with Crippen LogP contribution in [0.3, 0.4) is 0 Å². The molecular formula is C14H16N2O3. The lowest BCUT2D eigenvalue weighted by atomic mass is 10.0. The van der Waals surface area contributed by atoms with Gasteiger partial charge in [0.15, 0.2) is 0 Å². The summed E-state index contributed by atoms with van der Waals surface area (Å²) in [5.41, 5.74) is 0.575. The van der Waals surface area contributed by atoms with Crippen LogP contribution in [0.4, 0.5) is 0 Å². The number of hydrogen-bond acceptors (Lipinski definition) is 4. The van der Waals surface area contributed by atoms with Crippen LogP contribution in [0, 0.1) is 5.92 Å². The monoisotopic (exact) mass is 260 g/mol. The Labute approximate surface area is 110 Å². The van der Waals surface area contributed by atoms with E-state index < -0.39 is 6.10 Å². The van der Waals surface area contributed by atoms with Crippen molar-refractivity contribution in [2.24, 2.45) is 5.92 Å². The molecule has 19 heavy (non-hydrogen) atoms. The minimum Gasteiger partial charge on any atom is -0.391 e. The van der Waals surface area contributed by atoms with Crippen LogP contribution in [0.1, 0.15) is 6.42 Å². The maximum Gasteiger partial charge on any atom is 0.261 e. The Balaban J connectivity index is 1.88. The molecule has 100 valence electrons. The largest absolute Gasteiger partial charge is 0.391 e. The summed E-state index contributed by atoms with van der Waals surface area (Å²) in [7, 11) is 0. The molecule has 0 amide bonds. The highest BCUT2D eigenvalue weighted by Gasteiger charge is 2.24. The first kappa shape index (κ1) is 12.3. The van der Waals surface area contributed by atoms with E-state index in [1.54, 1.807) is 6.07 Å². The van der Waals surface area contributed by atoms with Crippen molar-refractivity contribution >= 4 is 10.9 Å². The third-order valence-corrected chi connectivity index (χ3v) is 3.62. The van der Waals surface area contributed by atoms with Gasteiger partial charge in [0.05, 0.1) is 36.5 Å². The highest BCUT2D eigenvalue weighted by atomic mass is 16.5. The molecule has 0 radical (unpaired) electrons. The number of fused-ring (bicyclic) bond motifs is 1. The van der Waals surface area contributed by atoms with Crippen LogP contribution >= 0.6 is 0 Å². The van der Waals surface area contributed by atoms with Crippen LogP contribution < -0.4 is 5.56 Å². The van der Waals surface area contributed by atoms with E-state index in [4.69, 9.17) is 4.74 Å². The number of hydrogen-bond donors (Lipinski definition) is 1. The third kappa shape index (κ3) is 2.39. The Morgan fingerprint density at radius 1 is 1.47 bits per heavy atom. The number of nitrogens with zero attached hydrogens (tertiary/aromatic N) is 2. The molecule has 0 spiro atoms. The second-order valence-electron chi connectivity index (χ2n) is 4.91. The summed E-state index contributed by atoms with van der Waals surface area (Å²) < 4.78 is 6.73. The van der Waals surface area contributed by atoms with Gasteiger partial charge in [-0.3, -0.25) is 9.36 Å². The molecule has 0 saturated carbocycles. The minimum absolute atomic E-state index is 0.108. The molecule has 1 fully saturated rings. The summed E-state index contributed by atoms with van der Waals surface area (Å²) in [4.78, 5) is 16.5. The molecular weight excluding hydrogens is 244 g/mol. The number of aliphatic hydroxyl groups excluding tert-OH is 1. The number of rotatable bonds is 3. The van der Waals surface area contributed by atoms with Crippen LogP contribution in [0.2, 0.25) is 0 Å². The van der Waals surface area contributed by atoms with Gasteiger partial charge in [0.2, 0.25) is 0 Å². The summed E-state index contributed by atoms with van der Waals surface area (Å²) >= 11 is 0. The van der Waals surface area contributed by atoms with Crippen molar-refractivity contribution in [3.05, 3.63) is 40.9 Å². The molecule has 5 nitrogen and oxygen atoms in total. The predicted octanol–water partition coefficient (Wildman–Crippen LogP) is 0.794. The van der Waals surface area contributed by atoms with Gasteiger partial charge in [-0.1, -0.05) is 12.1 Å². The molecule has 5 heteroatoms. The second kappa shape index (κ2) is 5.11. The molecule has 1 aliphatic heterocycles. The molecule has 1 saturated heterocycles. The number of para-hydroxylation sites is 1. The summed E-state index contributed by atoms with van der Waals surface area (Å²) in [5.74, 6) is 0.110. The molecule has 2 aromatic rings. The van der Waals surface area contributed by atoms with Crippen molar-refractivity contribution in [1.82, 2.24) is 9.55 Å². The molecule has 2 atom stereocenters. The van der Waals surface area contributed by atoms with Crippen LogP contribution in [0.5, 0.6) is 0 Å². The van der Waals surface area contributed by atoms with Gasteiger partial charge < -0.3 is 9.84 Å². The zero-order chi connectivity index (χ0) is 13.2. The van der Waals surface area contributed by atoms with Crippen LogP contribution in [-0.2, 0) is 11.3 Å². The zero-order valence-corrected chi connectivity index (χ0v) is 10.5. The highest BCUT2D eigenvalue weighted by molar-refractivity contribution is 5.76. The summed E-state index contributed by atoms with van der Waals surface area (Å²) in [5, 5.41) is 10.7. The zero-order valence-electron chi connectivity index (χ0n) is 10.5. The van der Waals surface area contributed by atoms with E-state index in [0.29, 0.717) is 24.1 Å². The smallest absolute Gasteiger partial charge is 0.261 e. The first-order valence-corrected chi connectivity index (χ1v) is 6.45. The number of benzene rings is 1. The average molecular weight is 260 g/mol. The fraction of sp³-hybridized carbons (Fsp3) is 0.429. The standard InChI is InChI=1S/C14H16N2O3/c17-13(10-5-6-19-8-10)7-16-9-15-12-4-2-1-3-11(12)14(16)18/h1-4,9-10,13,17H,5-8H2. The van der Waals surface area contributed by atoms with E-state index in [0.717, 1.165) is 6.42 Å². The SMILES string of the molecule is O=c1c2ccccc2ncn1CC(O)C1CCOC1. The number of aromatic nitrogens is 2. The summed E-state index contributed by atoms with van der Waals surface area (Å²) in [6, 6.07) is 7.23. The van der Waals surface area contributed by atoms with E-state index in [1.807, 2.05) is 18.2 Å². The van der Waals surface area contributed by atoms with Crippen molar-refractivity contribution in [3.63, 3.8) is 0 Å². The normalized spacial score (nSPS) is 20.8. The van der Waals surface area contributed by atoms with Crippen molar-refractivity contribution < 1.29 is 9.84 Å². The maximum atomic E-state index is 12.3. The molecule has 1 aromatic heterocycles. The van der Waals surface area contributed by atoms with Gasteiger partial charge in [-0.25, -0.2) is 4.98 Å². The first-order valence-electron chi connectivity index (χ1n) is 6.45. The Morgan fingerprint density at radius 3 is 3.11 bits per heavy atom. The average Bonchev–Trinajstić information content (AvgIpc) is 2.96. The highest BCUT2D eigenvalue weighted by Crippen LogP contribution is 2.17. The Morgan fingerprint density at radius 2 is 2.32 bits per heavy atom. The van der Waals surface area contributed by atoms with Gasteiger partial charge in [0.25, 0.3) is 5.56 Å². The van der Waals surface area contributed by atoms with Crippen LogP contribution in [0.15, 0.2) is 35.4 Å². The van der Waals surface area contributed by atoms with E-state index >= 15 is 0 Å². The fourth-order valence-corrected chi connectivity index (χ4v) is 2.44. The summed E-state index contributed by atoms with van der Waals surface area (Å²) in [6.07, 6.45) is 1.78. The van der Waals surface area contributed by atoms with Crippen LogP contribution in [0.25, 0.3) is 10.9 Å². The number of ether oxygens (including phenoxy) is 1. The van der Waals surface area contributed by atoms with Crippen molar-refractivity contribution in [2.75, 3.05) is 13.2 Å². The van der Waals surface area contributed by atoms with E-state index in [2.05, 4.69) is 4.98 Å². The van der Waals surface area contributed by atoms with Gasteiger partial charge in [-0.2, -0.15) is 0 Å². The van der Waals surface area contributed by atoms with Gasteiger partial charge in [-0.05, 0) is 18.6 Å². The van der Waals surface area contributed by atoms with Gasteiger partial charge >= 0.3 is 0 Å². The molecule has 3 rings (SSSR count). The molecule has 1 N–H and O–H groups in total. The third-order valence-electron chi connectivity index (χ3n) is 3.62. The molecule has 1 aromatic carbocycles. The second-order valence-corrected chi connectivity index (χ2v) is 4.91. The fourth-order valence-electron chi connectivity index (χ4n) is 2.44. The van der Waals surface area contributed by atoms with Crippen molar-refractivity contribution in [1.29, 1.82) is 0 Å². The van der Waals surface area contributed by atoms with Crippen molar-refractivity contribution in [2.45, 2.75) is 19.1 Å².